The van der Waals surface area contributed by atoms with E-state index in [9.17, 15) is 0 Å². The third-order valence-electron chi connectivity index (χ3n) is 2.20. The van der Waals surface area contributed by atoms with Crippen LogP contribution < -0.4 is 43.4 Å². The quantitative estimate of drug-likeness (QED) is 0.465. The van der Waals surface area contributed by atoms with Gasteiger partial charge in [0.2, 0.25) is 0 Å². The summed E-state index contributed by atoms with van der Waals surface area (Å²) in [6.45, 7) is 0. The molecular formula is C12H12Br2N2NiO2. The molecule has 0 unspecified atom stereocenters. The maximum Gasteiger partial charge on any atom is 2.00 e. The van der Waals surface area contributed by atoms with E-state index in [-0.39, 0.29) is 50.5 Å². The first kappa shape index (κ1) is 20.7. The number of nitrogens with zero attached hydrogens (tertiary/aromatic N) is 2. The van der Waals surface area contributed by atoms with Crippen molar-refractivity contribution in [2.45, 2.75) is 0 Å². The summed E-state index contributed by atoms with van der Waals surface area (Å²) in [5.41, 5.74) is 1.52. The summed E-state index contributed by atoms with van der Waals surface area (Å²) in [6.07, 6.45) is 3.38. The van der Waals surface area contributed by atoms with Gasteiger partial charge in [0.15, 0.2) is 0 Å². The van der Waals surface area contributed by atoms with E-state index in [1.54, 1.807) is 38.7 Å². The van der Waals surface area contributed by atoms with Crippen LogP contribution in [0.4, 0.5) is 0 Å². The zero-order valence-electron chi connectivity index (χ0n) is 10.2. The molecule has 0 aromatic carbocycles. The van der Waals surface area contributed by atoms with E-state index in [0.717, 1.165) is 22.9 Å². The second-order valence-electron chi connectivity index (χ2n) is 3.16. The molecule has 2 heterocycles. The van der Waals surface area contributed by atoms with Gasteiger partial charge < -0.3 is 43.4 Å². The predicted molar refractivity (Wildman–Crippen MR) is 60.6 cm³/mol. The van der Waals surface area contributed by atoms with Crippen LogP contribution in [0.15, 0.2) is 36.7 Å². The van der Waals surface area contributed by atoms with Crippen LogP contribution in [-0.2, 0) is 16.5 Å². The maximum atomic E-state index is 5.13. The number of methoxy groups -OCH3 is 2. The molecule has 0 fully saturated rings. The Morgan fingerprint density at radius 3 is 1.47 bits per heavy atom. The van der Waals surface area contributed by atoms with Gasteiger partial charge in [-0.3, -0.25) is 9.97 Å². The van der Waals surface area contributed by atoms with Crippen LogP contribution in [0.3, 0.4) is 0 Å². The van der Waals surface area contributed by atoms with E-state index in [1.807, 2.05) is 12.1 Å². The summed E-state index contributed by atoms with van der Waals surface area (Å²) < 4.78 is 10.3. The fourth-order valence-corrected chi connectivity index (χ4v) is 1.36. The zero-order valence-corrected chi connectivity index (χ0v) is 14.4. The zero-order chi connectivity index (χ0) is 11.4. The molecule has 106 valence electrons. The second-order valence-corrected chi connectivity index (χ2v) is 3.16. The number of halogens is 2. The Balaban J connectivity index is 0. The molecule has 0 amide bonds. The van der Waals surface area contributed by atoms with Crippen LogP contribution in [0.25, 0.3) is 11.4 Å². The van der Waals surface area contributed by atoms with Crippen molar-refractivity contribution in [1.29, 1.82) is 0 Å². The van der Waals surface area contributed by atoms with Crippen molar-refractivity contribution in [2.24, 2.45) is 0 Å². The van der Waals surface area contributed by atoms with Crippen molar-refractivity contribution in [2.75, 3.05) is 14.2 Å². The number of pyridine rings is 2. The fraction of sp³-hybridized carbons (Fsp3) is 0.167. The molecular weight excluding hydrogens is 423 g/mol. The minimum absolute atomic E-state index is 0. The summed E-state index contributed by atoms with van der Waals surface area (Å²) in [6, 6.07) is 7.26. The summed E-state index contributed by atoms with van der Waals surface area (Å²) >= 11 is 0. The molecule has 2 rings (SSSR count). The van der Waals surface area contributed by atoms with Crippen LogP contribution in [0.2, 0.25) is 0 Å². The Labute approximate surface area is 143 Å². The minimum atomic E-state index is 0. The van der Waals surface area contributed by atoms with Crippen molar-refractivity contribution in [3.05, 3.63) is 36.7 Å². The molecule has 0 bridgehead atoms. The molecule has 0 spiro atoms. The van der Waals surface area contributed by atoms with Crippen LogP contribution in [0, 0.1) is 0 Å². The molecule has 7 heteroatoms. The van der Waals surface area contributed by atoms with Crippen LogP contribution in [0.5, 0.6) is 11.5 Å². The van der Waals surface area contributed by atoms with Crippen molar-refractivity contribution >= 4 is 0 Å². The van der Waals surface area contributed by atoms with E-state index >= 15 is 0 Å². The molecule has 0 aliphatic heterocycles. The average molecular weight is 435 g/mol. The first-order chi connectivity index (χ1) is 7.83. The van der Waals surface area contributed by atoms with Crippen molar-refractivity contribution in [1.82, 2.24) is 9.97 Å². The molecule has 2 aromatic heterocycles. The van der Waals surface area contributed by atoms with Gasteiger partial charge in [-0.05, 0) is 12.1 Å². The Hall–Kier alpha value is -0.646. The maximum absolute atomic E-state index is 5.13. The number of hydrogen-bond acceptors (Lipinski definition) is 4. The van der Waals surface area contributed by atoms with E-state index in [1.165, 1.54) is 0 Å². The third-order valence-corrected chi connectivity index (χ3v) is 2.20. The molecule has 0 atom stereocenters. The third kappa shape index (κ3) is 5.47. The normalized spacial score (nSPS) is 8.32. The van der Waals surface area contributed by atoms with E-state index in [0.29, 0.717) is 0 Å². The number of ether oxygens (including phenoxy) is 2. The number of hydrogen-bond donors (Lipinski definition) is 0. The van der Waals surface area contributed by atoms with E-state index in [2.05, 4.69) is 9.97 Å². The Bertz CT molecular complexity index is 455. The van der Waals surface area contributed by atoms with E-state index in [4.69, 9.17) is 9.47 Å². The second kappa shape index (κ2) is 10.2. The molecule has 0 aliphatic rings. The summed E-state index contributed by atoms with van der Waals surface area (Å²) in [7, 11) is 3.25. The van der Waals surface area contributed by atoms with Gasteiger partial charge in [-0.1, -0.05) is 0 Å². The van der Waals surface area contributed by atoms with Gasteiger partial charge in [-0.15, -0.1) is 0 Å². The van der Waals surface area contributed by atoms with Gasteiger partial charge in [0.05, 0.1) is 25.6 Å². The van der Waals surface area contributed by atoms with Gasteiger partial charge in [0.1, 0.15) is 11.5 Å². The first-order valence-electron chi connectivity index (χ1n) is 4.84. The standard InChI is InChI=1S/C12H12N2O2.2BrH.Ni/c1-15-9-3-5-13-11(7-9)12-8-10(16-2)4-6-14-12;;;/h3-8H,1-2H3;2*1H;/q;;;+2/p-2. The topological polar surface area (TPSA) is 44.2 Å². The van der Waals surface area contributed by atoms with Crippen LogP contribution in [-0.4, -0.2) is 24.2 Å². The fourth-order valence-electron chi connectivity index (χ4n) is 1.36. The molecule has 0 aliphatic carbocycles. The molecule has 0 saturated carbocycles. The molecule has 0 saturated heterocycles. The van der Waals surface area contributed by atoms with Gasteiger partial charge in [-0.2, -0.15) is 0 Å². The first-order valence-corrected chi connectivity index (χ1v) is 4.84. The Kier molecular flexibility index (Phi) is 11.1. The Morgan fingerprint density at radius 2 is 1.16 bits per heavy atom. The van der Waals surface area contributed by atoms with Crippen LogP contribution in [0.1, 0.15) is 0 Å². The average Bonchev–Trinajstić information content (AvgIpc) is 2.39. The largest absolute Gasteiger partial charge is 2.00 e. The van der Waals surface area contributed by atoms with Crippen molar-refractivity contribution in [3.8, 4) is 22.9 Å². The van der Waals surface area contributed by atoms with Gasteiger partial charge in [-0.25, -0.2) is 0 Å². The summed E-state index contributed by atoms with van der Waals surface area (Å²) in [5.74, 6) is 1.52. The number of aromatic nitrogens is 2. The SMILES string of the molecule is COc1ccnc(-c2cc(OC)ccn2)c1.[Br-].[Br-].[Ni+2]. The number of rotatable bonds is 3. The summed E-state index contributed by atoms with van der Waals surface area (Å²) in [5, 5.41) is 0. The van der Waals surface area contributed by atoms with Gasteiger partial charge in [0, 0.05) is 24.5 Å². The molecule has 2 aromatic rings. The Morgan fingerprint density at radius 1 is 0.789 bits per heavy atom. The molecule has 19 heavy (non-hydrogen) atoms. The smallest absolute Gasteiger partial charge is 1.00 e. The summed E-state index contributed by atoms with van der Waals surface area (Å²) in [4.78, 5) is 8.47. The van der Waals surface area contributed by atoms with Gasteiger partial charge >= 0.3 is 16.5 Å². The molecule has 0 N–H and O–H groups in total. The molecule has 0 radical (unpaired) electrons. The van der Waals surface area contributed by atoms with Gasteiger partial charge in [0.25, 0.3) is 0 Å². The predicted octanol–water partition coefficient (Wildman–Crippen LogP) is -3.83. The minimum Gasteiger partial charge on any atom is -1.00 e. The monoisotopic (exact) mass is 432 g/mol. The molecule has 4 nitrogen and oxygen atoms in total. The van der Waals surface area contributed by atoms with E-state index < -0.39 is 0 Å². The van der Waals surface area contributed by atoms with Crippen molar-refractivity contribution < 1.29 is 59.9 Å². The van der Waals surface area contributed by atoms with Crippen molar-refractivity contribution in [3.63, 3.8) is 0 Å². The van der Waals surface area contributed by atoms with Crippen LogP contribution >= 0.6 is 0 Å².